The number of ether oxygens (including phenoxy) is 1. The Morgan fingerprint density at radius 2 is 1.56 bits per heavy atom. The van der Waals surface area contributed by atoms with Crippen LogP contribution < -0.4 is 0 Å². The molecule has 0 aliphatic carbocycles. The lowest BCUT2D eigenvalue weighted by Crippen LogP contribution is -2.62. The minimum absolute atomic E-state index is 0.533. The standard InChI is InChI=1S/C10H18O6/c1-10(2,3)8-6(13)4(11)5(12)7(16-8)9(14)15/h4-8,11-13H,1-3H3,(H,14,15)/t4-,5?,6?,7-,8+/m0/s1. The molecule has 1 rings (SSSR count). The first kappa shape index (κ1) is 13.4. The Bertz CT molecular complexity index is 271. The SMILES string of the molecule is CC(C)(C)[C@@H]1O[C@H](C(=O)O)C(O)[C@H](O)C1O. The van der Waals surface area contributed by atoms with E-state index in [0.29, 0.717) is 0 Å². The first-order valence-corrected chi connectivity index (χ1v) is 5.08. The summed E-state index contributed by atoms with van der Waals surface area (Å²) < 4.78 is 5.15. The smallest absolute Gasteiger partial charge is 0.335 e. The summed E-state index contributed by atoms with van der Waals surface area (Å²) >= 11 is 0. The highest BCUT2D eigenvalue weighted by Gasteiger charge is 2.50. The number of hydrogen-bond donors (Lipinski definition) is 4. The summed E-state index contributed by atoms with van der Waals surface area (Å²) in [4.78, 5) is 10.8. The number of carbonyl (C=O) groups is 1. The van der Waals surface area contributed by atoms with Crippen LogP contribution >= 0.6 is 0 Å². The maximum Gasteiger partial charge on any atom is 0.335 e. The maximum absolute atomic E-state index is 10.8. The number of aliphatic carboxylic acids is 1. The molecule has 2 unspecified atom stereocenters. The van der Waals surface area contributed by atoms with E-state index in [0.717, 1.165) is 0 Å². The van der Waals surface area contributed by atoms with Gasteiger partial charge in [-0.3, -0.25) is 0 Å². The van der Waals surface area contributed by atoms with E-state index in [2.05, 4.69) is 0 Å². The molecule has 1 heterocycles. The second-order valence-electron chi connectivity index (χ2n) is 5.15. The summed E-state index contributed by atoms with van der Waals surface area (Å²) in [6.45, 7) is 5.26. The molecule has 1 fully saturated rings. The molecule has 16 heavy (non-hydrogen) atoms. The maximum atomic E-state index is 10.8. The van der Waals surface area contributed by atoms with Gasteiger partial charge in [-0.25, -0.2) is 4.79 Å². The lowest BCUT2D eigenvalue weighted by Gasteiger charge is -2.44. The van der Waals surface area contributed by atoms with Crippen LogP contribution in [0.5, 0.6) is 0 Å². The van der Waals surface area contributed by atoms with Crippen molar-refractivity contribution in [2.24, 2.45) is 5.41 Å². The first-order chi connectivity index (χ1) is 7.16. The summed E-state index contributed by atoms with van der Waals surface area (Å²) in [6, 6.07) is 0. The van der Waals surface area contributed by atoms with Gasteiger partial charge >= 0.3 is 5.97 Å². The average Bonchev–Trinajstić information content (AvgIpc) is 2.11. The zero-order valence-corrected chi connectivity index (χ0v) is 9.49. The topological polar surface area (TPSA) is 107 Å². The van der Waals surface area contributed by atoms with Gasteiger partial charge in [-0.15, -0.1) is 0 Å². The predicted octanol–water partition coefficient (Wildman–Crippen LogP) is -1.03. The van der Waals surface area contributed by atoms with Crippen molar-refractivity contribution in [1.82, 2.24) is 0 Å². The van der Waals surface area contributed by atoms with Gasteiger partial charge in [0, 0.05) is 0 Å². The van der Waals surface area contributed by atoms with E-state index < -0.39 is 41.9 Å². The van der Waals surface area contributed by atoms with Crippen molar-refractivity contribution in [3.63, 3.8) is 0 Å². The summed E-state index contributed by atoms with van der Waals surface area (Å²) in [7, 11) is 0. The van der Waals surface area contributed by atoms with E-state index >= 15 is 0 Å². The van der Waals surface area contributed by atoms with Crippen molar-refractivity contribution in [1.29, 1.82) is 0 Å². The third-order valence-corrected chi connectivity index (χ3v) is 2.71. The fourth-order valence-corrected chi connectivity index (χ4v) is 1.80. The van der Waals surface area contributed by atoms with Gasteiger partial charge in [0.15, 0.2) is 6.10 Å². The van der Waals surface area contributed by atoms with Crippen molar-refractivity contribution >= 4 is 5.97 Å². The molecule has 0 aromatic rings. The summed E-state index contributed by atoms with van der Waals surface area (Å²) in [5.74, 6) is -1.35. The Morgan fingerprint density at radius 1 is 1.06 bits per heavy atom. The highest BCUT2D eigenvalue weighted by atomic mass is 16.6. The number of carboxylic acids is 1. The molecule has 5 atom stereocenters. The molecule has 6 nitrogen and oxygen atoms in total. The van der Waals surface area contributed by atoms with Crippen LogP contribution in [-0.4, -0.2) is 56.9 Å². The monoisotopic (exact) mass is 234 g/mol. The minimum atomic E-state index is -1.62. The van der Waals surface area contributed by atoms with Gasteiger partial charge in [-0.05, 0) is 5.41 Å². The second-order valence-corrected chi connectivity index (χ2v) is 5.15. The fourth-order valence-electron chi connectivity index (χ4n) is 1.80. The molecule has 1 aliphatic rings. The normalized spacial score (nSPS) is 40.8. The highest BCUT2D eigenvalue weighted by Crippen LogP contribution is 2.32. The molecule has 0 aromatic carbocycles. The molecule has 94 valence electrons. The predicted molar refractivity (Wildman–Crippen MR) is 53.8 cm³/mol. The Morgan fingerprint density at radius 3 is 1.94 bits per heavy atom. The fraction of sp³-hybridized carbons (Fsp3) is 0.900. The first-order valence-electron chi connectivity index (χ1n) is 5.08. The Kier molecular flexibility index (Phi) is 3.59. The average molecular weight is 234 g/mol. The van der Waals surface area contributed by atoms with Crippen molar-refractivity contribution in [3.05, 3.63) is 0 Å². The third kappa shape index (κ3) is 2.35. The number of carboxylic acid groups (broad SMARTS) is 1. The van der Waals surface area contributed by atoms with E-state index in [1.54, 1.807) is 20.8 Å². The van der Waals surface area contributed by atoms with Gasteiger partial charge in [-0.2, -0.15) is 0 Å². The van der Waals surface area contributed by atoms with E-state index in [1.165, 1.54) is 0 Å². The van der Waals surface area contributed by atoms with Crippen molar-refractivity contribution < 1.29 is 30.0 Å². The van der Waals surface area contributed by atoms with Crippen LogP contribution in [0.25, 0.3) is 0 Å². The van der Waals surface area contributed by atoms with Gasteiger partial charge in [-0.1, -0.05) is 20.8 Å². The molecule has 1 saturated heterocycles. The van der Waals surface area contributed by atoms with Crippen molar-refractivity contribution in [3.8, 4) is 0 Å². The van der Waals surface area contributed by atoms with Crippen LogP contribution in [0.15, 0.2) is 0 Å². The molecule has 6 heteroatoms. The third-order valence-electron chi connectivity index (χ3n) is 2.71. The van der Waals surface area contributed by atoms with Crippen LogP contribution in [0.1, 0.15) is 20.8 Å². The van der Waals surface area contributed by atoms with Crippen molar-refractivity contribution in [2.75, 3.05) is 0 Å². The zero-order valence-electron chi connectivity index (χ0n) is 9.49. The molecule has 0 amide bonds. The van der Waals surface area contributed by atoms with Gasteiger partial charge in [0.2, 0.25) is 0 Å². The molecule has 0 saturated carbocycles. The summed E-state index contributed by atoms with van der Waals surface area (Å²) in [5, 5.41) is 37.5. The summed E-state index contributed by atoms with van der Waals surface area (Å²) in [6.07, 6.45) is -6.79. The molecular formula is C10H18O6. The van der Waals surface area contributed by atoms with Gasteiger partial charge in [0.05, 0.1) is 6.10 Å². The molecular weight excluding hydrogens is 216 g/mol. The van der Waals surface area contributed by atoms with Gasteiger partial charge in [0.25, 0.3) is 0 Å². The largest absolute Gasteiger partial charge is 0.479 e. The highest BCUT2D eigenvalue weighted by molar-refractivity contribution is 5.73. The Hall–Kier alpha value is -0.690. The molecule has 0 aromatic heterocycles. The Balaban J connectivity index is 2.94. The van der Waals surface area contributed by atoms with Crippen LogP contribution in [-0.2, 0) is 9.53 Å². The van der Waals surface area contributed by atoms with E-state index in [4.69, 9.17) is 9.84 Å². The summed E-state index contributed by atoms with van der Waals surface area (Å²) in [5.41, 5.74) is -0.533. The minimum Gasteiger partial charge on any atom is -0.479 e. The van der Waals surface area contributed by atoms with Gasteiger partial charge in [0.1, 0.15) is 18.3 Å². The van der Waals surface area contributed by atoms with E-state index in [1.807, 2.05) is 0 Å². The number of hydrogen-bond acceptors (Lipinski definition) is 5. The van der Waals surface area contributed by atoms with Gasteiger partial charge < -0.3 is 25.2 Å². The Labute approximate surface area is 93.5 Å². The molecule has 4 N–H and O–H groups in total. The zero-order chi connectivity index (χ0) is 12.7. The number of aliphatic hydroxyl groups is 3. The molecule has 0 bridgehead atoms. The quantitative estimate of drug-likeness (QED) is 0.462. The van der Waals surface area contributed by atoms with Crippen LogP contribution in [0.3, 0.4) is 0 Å². The van der Waals surface area contributed by atoms with E-state index in [9.17, 15) is 20.1 Å². The molecule has 0 spiro atoms. The van der Waals surface area contributed by atoms with Crippen LogP contribution in [0.2, 0.25) is 0 Å². The van der Waals surface area contributed by atoms with E-state index in [-0.39, 0.29) is 0 Å². The number of aliphatic hydroxyl groups excluding tert-OH is 3. The van der Waals surface area contributed by atoms with Crippen molar-refractivity contribution in [2.45, 2.75) is 51.3 Å². The molecule has 0 radical (unpaired) electrons. The molecule has 1 aliphatic heterocycles. The number of rotatable bonds is 1. The lowest BCUT2D eigenvalue weighted by molar-refractivity contribution is -0.246. The van der Waals surface area contributed by atoms with Crippen LogP contribution in [0.4, 0.5) is 0 Å². The second kappa shape index (κ2) is 4.29. The van der Waals surface area contributed by atoms with Crippen LogP contribution in [0, 0.1) is 5.41 Å². The lowest BCUT2D eigenvalue weighted by atomic mass is 9.80.